The van der Waals surface area contributed by atoms with Gasteiger partial charge in [-0.15, -0.1) is 0 Å². The highest BCUT2D eigenvalue weighted by Crippen LogP contribution is 2.09. The molecule has 1 saturated heterocycles. The molecule has 96 valence electrons. The van der Waals surface area contributed by atoms with Crippen molar-refractivity contribution < 1.29 is 9.84 Å². The first-order valence-corrected chi connectivity index (χ1v) is 6.39. The summed E-state index contributed by atoms with van der Waals surface area (Å²) in [5.74, 6) is 0. The first-order chi connectivity index (χ1) is 7.67. The van der Waals surface area contributed by atoms with Crippen LogP contribution in [0.1, 0.15) is 20.8 Å². The van der Waals surface area contributed by atoms with Crippen molar-refractivity contribution in [3.8, 4) is 0 Å². The average Bonchev–Trinajstić information content (AvgIpc) is 2.26. The maximum Gasteiger partial charge on any atom is 0.0900 e. The molecule has 0 aromatic heterocycles. The molecule has 0 spiro atoms. The zero-order chi connectivity index (χ0) is 12.0. The fourth-order valence-corrected chi connectivity index (χ4v) is 2.31. The van der Waals surface area contributed by atoms with E-state index in [9.17, 15) is 5.11 Å². The van der Waals surface area contributed by atoms with Crippen molar-refractivity contribution in [2.75, 3.05) is 45.9 Å². The number of nitrogens with zero attached hydrogens (tertiary/aromatic N) is 2. The van der Waals surface area contributed by atoms with E-state index < -0.39 is 0 Å². The van der Waals surface area contributed by atoms with E-state index in [1.165, 1.54) is 0 Å². The smallest absolute Gasteiger partial charge is 0.0900 e. The lowest BCUT2D eigenvalue weighted by atomic mass is 10.2. The lowest BCUT2D eigenvalue weighted by Crippen LogP contribution is -2.53. The van der Waals surface area contributed by atoms with E-state index in [2.05, 4.69) is 23.6 Å². The quantitative estimate of drug-likeness (QED) is 0.717. The number of rotatable bonds is 6. The summed E-state index contributed by atoms with van der Waals surface area (Å²) in [5, 5.41) is 9.76. The highest BCUT2D eigenvalue weighted by atomic mass is 16.5. The Morgan fingerprint density at radius 2 is 2.12 bits per heavy atom. The Morgan fingerprint density at radius 1 is 1.38 bits per heavy atom. The van der Waals surface area contributed by atoms with Gasteiger partial charge in [0.25, 0.3) is 0 Å². The molecule has 1 aliphatic heterocycles. The Morgan fingerprint density at radius 3 is 2.69 bits per heavy atom. The third-order valence-corrected chi connectivity index (χ3v) is 3.24. The summed E-state index contributed by atoms with van der Waals surface area (Å²) in [6.07, 6.45) is -0.347. The van der Waals surface area contributed by atoms with Crippen LogP contribution >= 0.6 is 0 Å². The zero-order valence-electron chi connectivity index (χ0n) is 10.9. The van der Waals surface area contributed by atoms with Crippen LogP contribution in [-0.2, 0) is 4.74 Å². The maximum atomic E-state index is 9.76. The van der Waals surface area contributed by atoms with E-state index in [-0.39, 0.29) is 6.10 Å². The van der Waals surface area contributed by atoms with Gasteiger partial charge in [0.15, 0.2) is 0 Å². The first-order valence-electron chi connectivity index (χ1n) is 6.39. The highest BCUT2D eigenvalue weighted by molar-refractivity contribution is 4.79. The number of aliphatic hydroxyl groups excluding tert-OH is 1. The molecule has 1 heterocycles. The number of piperazine rings is 1. The lowest BCUT2D eigenvalue weighted by Gasteiger charge is -2.39. The summed E-state index contributed by atoms with van der Waals surface area (Å²) in [4.78, 5) is 4.81. The van der Waals surface area contributed by atoms with Crippen LogP contribution in [0.3, 0.4) is 0 Å². The molecule has 0 bridgehead atoms. The monoisotopic (exact) mass is 230 g/mol. The Bertz CT molecular complexity index is 190. The molecule has 0 aromatic rings. The molecule has 1 aliphatic rings. The van der Waals surface area contributed by atoms with Crippen molar-refractivity contribution in [2.24, 2.45) is 0 Å². The fourth-order valence-electron chi connectivity index (χ4n) is 2.31. The van der Waals surface area contributed by atoms with Crippen LogP contribution in [0.5, 0.6) is 0 Å². The van der Waals surface area contributed by atoms with Gasteiger partial charge in [0.2, 0.25) is 0 Å². The minimum atomic E-state index is -0.347. The van der Waals surface area contributed by atoms with Gasteiger partial charge in [-0.25, -0.2) is 0 Å². The molecule has 2 unspecified atom stereocenters. The normalized spacial score (nSPS) is 25.9. The number of β-amino-alcohol motifs (C(OH)–C–C–N with tert-alkyl or cyclic N) is 1. The predicted octanol–water partition coefficient (Wildman–Crippen LogP) is 0.410. The molecule has 1 fully saturated rings. The summed E-state index contributed by atoms with van der Waals surface area (Å²) in [5.41, 5.74) is 0. The minimum Gasteiger partial charge on any atom is -0.389 e. The van der Waals surface area contributed by atoms with Crippen LogP contribution in [0.15, 0.2) is 0 Å². The number of ether oxygens (including phenoxy) is 1. The third kappa shape index (κ3) is 4.37. The van der Waals surface area contributed by atoms with E-state index >= 15 is 0 Å². The molecule has 1 N–H and O–H groups in total. The standard InChI is InChI=1S/C12H26N2O2/c1-4-14-7-6-13(8-11(14)3)9-12(15)10-16-5-2/h11-12,15H,4-10H2,1-3H3. The SMILES string of the molecule is CCOCC(O)CN1CCN(CC)C(C)C1. The molecule has 4 nitrogen and oxygen atoms in total. The molecule has 0 aromatic carbocycles. The van der Waals surface area contributed by atoms with Crippen molar-refractivity contribution in [1.82, 2.24) is 9.80 Å². The van der Waals surface area contributed by atoms with Gasteiger partial charge < -0.3 is 9.84 Å². The van der Waals surface area contributed by atoms with Gasteiger partial charge in [-0.2, -0.15) is 0 Å². The second-order valence-corrected chi connectivity index (χ2v) is 4.55. The van der Waals surface area contributed by atoms with Gasteiger partial charge >= 0.3 is 0 Å². The van der Waals surface area contributed by atoms with Crippen LogP contribution in [0.2, 0.25) is 0 Å². The second kappa shape index (κ2) is 7.22. The number of hydrogen-bond acceptors (Lipinski definition) is 4. The van der Waals surface area contributed by atoms with Crippen molar-refractivity contribution in [3.05, 3.63) is 0 Å². The number of likely N-dealkylation sites (N-methyl/N-ethyl adjacent to an activating group) is 1. The topological polar surface area (TPSA) is 35.9 Å². The van der Waals surface area contributed by atoms with E-state index in [1.54, 1.807) is 0 Å². The second-order valence-electron chi connectivity index (χ2n) is 4.55. The molecule has 0 aliphatic carbocycles. The summed E-state index contributed by atoms with van der Waals surface area (Å²) in [6.45, 7) is 12.6. The van der Waals surface area contributed by atoms with Gasteiger partial charge in [-0.05, 0) is 20.4 Å². The van der Waals surface area contributed by atoms with Crippen LogP contribution in [0, 0.1) is 0 Å². The molecular formula is C12H26N2O2. The number of aliphatic hydroxyl groups is 1. The van der Waals surface area contributed by atoms with E-state index in [0.717, 1.165) is 32.7 Å². The van der Waals surface area contributed by atoms with Crippen molar-refractivity contribution >= 4 is 0 Å². The average molecular weight is 230 g/mol. The molecular weight excluding hydrogens is 204 g/mol. The van der Waals surface area contributed by atoms with Gasteiger partial charge in [-0.1, -0.05) is 6.92 Å². The highest BCUT2D eigenvalue weighted by Gasteiger charge is 2.23. The van der Waals surface area contributed by atoms with Crippen LogP contribution < -0.4 is 0 Å². The van der Waals surface area contributed by atoms with E-state index in [4.69, 9.17) is 4.74 Å². The van der Waals surface area contributed by atoms with Crippen LogP contribution in [0.25, 0.3) is 0 Å². The van der Waals surface area contributed by atoms with E-state index in [0.29, 0.717) is 19.3 Å². The Labute approximate surface area is 99.2 Å². The third-order valence-electron chi connectivity index (χ3n) is 3.24. The first kappa shape index (κ1) is 13.9. The molecule has 16 heavy (non-hydrogen) atoms. The lowest BCUT2D eigenvalue weighted by molar-refractivity contribution is 0.00249. The van der Waals surface area contributed by atoms with Crippen LogP contribution in [-0.4, -0.2) is 73.0 Å². The summed E-state index contributed by atoms with van der Waals surface area (Å²) in [6, 6.07) is 0.595. The maximum absolute atomic E-state index is 9.76. The van der Waals surface area contributed by atoms with Crippen molar-refractivity contribution in [3.63, 3.8) is 0 Å². The van der Waals surface area contributed by atoms with E-state index in [1.807, 2.05) is 6.92 Å². The Balaban J connectivity index is 2.24. The van der Waals surface area contributed by atoms with Gasteiger partial charge in [0, 0.05) is 38.8 Å². The molecule has 0 saturated carbocycles. The molecule has 1 rings (SSSR count). The zero-order valence-corrected chi connectivity index (χ0v) is 10.9. The summed E-state index contributed by atoms with van der Waals surface area (Å²) < 4.78 is 5.22. The Hall–Kier alpha value is -0.160. The largest absolute Gasteiger partial charge is 0.389 e. The van der Waals surface area contributed by atoms with Crippen molar-refractivity contribution in [2.45, 2.75) is 32.9 Å². The molecule has 0 amide bonds. The Kier molecular flexibility index (Phi) is 6.28. The summed E-state index contributed by atoms with van der Waals surface area (Å²) in [7, 11) is 0. The summed E-state index contributed by atoms with van der Waals surface area (Å²) >= 11 is 0. The number of hydrogen-bond donors (Lipinski definition) is 1. The predicted molar refractivity (Wildman–Crippen MR) is 65.6 cm³/mol. The molecule has 0 radical (unpaired) electrons. The van der Waals surface area contributed by atoms with Gasteiger partial charge in [0.1, 0.15) is 0 Å². The minimum absolute atomic E-state index is 0.347. The van der Waals surface area contributed by atoms with Crippen LogP contribution in [0.4, 0.5) is 0 Å². The fraction of sp³-hybridized carbons (Fsp3) is 1.00. The molecule has 4 heteroatoms. The van der Waals surface area contributed by atoms with Gasteiger partial charge in [0.05, 0.1) is 12.7 Å². The van der Waals surface area contributed by atoms with Crippen molar-refractivity contribution in [1.29, 1.82) is 0 Å². The molecule has 2 atom stereocenters. The van der Waals surface area contributed by atoms with Gasteiger partial charge in [-0.3, -0.25) is 9.80 Å².